The SMILES string of the molecule is Nc1ncnc2c1c(I)nn2[C@H]1CC[C@@H](CO)O1. The molecule has 0 aliphatic carbocycles. The van der Waals surface area contributed by atoms with E-state index in [1.807, 2.05) is 0 Å². The van der Waals surface area contributed by atoms with Crippen molar-refractivity contribution in [2.24, 2.45) is 0 Å². The zero-order valence-electron chi connectivity index (χ0n) is 9.45. The molecule has 0 unspecified atom stereocenters. The van der Waals surface area contributed by atoms with Crippen LogP contribution in [0.5, 0.6) is 0 Å². The van der Waals surface area contributed by atoms with E-state index in [2.05, 4.69) is 37.7 Å². The number of aliphatic hydroxyl groups is 1. The van der Waals surface area contributed by atoms with E-state index < -0.39 is 0 Å². The molecular formula is C10H12IN5O2. The molecule has 3 N–H and O–H groups in total. The molecule has 7 nitrogen and oxygen atoms in total. The minimum atomic E-state index is -0.192. The summed E-state index contributed by atoms with van der Waals surface area (Å²) in [4.78, 5) is 8.19. The Balaban J connectivity index is 2.06. The Morgan fingerprint density at radius 3 is 3.06 bits per heavy atom. The van der Waals surface area contributed by atoms with Crippen molar-refractivity contribution < 1.29 is 9.84 Å². The van der Waals surface area contributed by atoms with Gasteiger partial charge in [-0.25, -0.2) is 14.6 Å². The molecule has 1 aliphatic rings. The minimum Gasteiger partial charge on any atom is -0.394 e. The third-order valence-corrected chi connectivity index (χ3v) is 3.79. The monoisotopic (exact) mass is 361 g/mol. The first-order valence-corrected chi connectivity index (χ1v) is 6.69. The van der Waals surface area contributed by atoms with Crippen molar-refractivity contribution in [1.82, 2.24) is 19.7 Å². The lowest BCUT2D eigenvalue weighted by molar-refractivity contribution is -0.0264. The number of hydrogen-bond acceptors (Lipinski definition) is 6. The van der Waals surface area contributed by atoms with E-state index in [0.717, 1.165) is 21.9 Å². The second kappa shape index (κ2) is 4.59. The van der Waals surface area contributed by atoms with Crippen molar-refractivity contribution in [2.45, 2.75) is 25.2 Å². The summed E-state index contributed by atoms with van der Waals surface area (Å²) in [5.74, 6) is 0.423. The van der Waals surface area contributed by atoms with Crippen LogP contribution in [0.15, 0.2) is 6.33 Å². The summed E-state index contributed by atoms with van der Waals surface area (Å²) < 4.78 is 8.19. The van der Waals surface area contributed by atoms with Gasteiger partial charge in [0.05, 0.1) is 18.1 Å². The van der Waals surface area contributed by atoms with E-state index in [-0.39, 0.29) is 18.9 Å². The van der Waals surface area contributed by atoms with Crippen LogP contribution in [0.2, 0.25) is 0 Å². The molecule has 1 saturated heterocycles. The van der Waals surface area contributed by atoms with Crippen LogP contribution in [-0.4, -0.2) is 37.6 Å². The van der Waals surface area contributed by atoms with E-state index in [9.17, 15) is 0 Å². The lowest BCUT2D eigenvalue weighted by atomic mass is 10.2. The number of ether oxygens (including phenoxy) is 1. The number of nitrogens with zero attached hydrogens (tertiary/aromatic N) is 4. The maximum Gasteiger partial charge on any atom is 0.167 e. The molecule has 18 heavy (non-hydrogen) atoms. The lowest BCUT2D eigenvalue weighted by Crippen LogP contribution is -2.15. The molecule has 2 atom stereocenters. The third-order valence-electron chi connectivity index (χ3n) is 3.04. The summed E-state index contributed by atoms with van der Waals surface area (Å²) in [6.07, 6.45) is 2.74. The van der Waals surface area contributed by atoms with Gasteiger partial charge in [-0.2, -0.15) is 5.10 Å². The zero-order chi connectivity index (χ0) is 12.7. The summed E-state index contributed by atoms with van der Waals surface area (Å²) in [7, 11) is 0. The number of fused-ring (bicyclic) bond motifs is 1. The highest BCUT2D eigenvalue weighted by molar-refractivity contribution is 14.1. The van der Waals surface area contributed by atoms with Crippen LogP contribution in [0.25, 0.3) is 11.0 Å². The molecule has 0 bridgehead atoms. The fourth-order valence-electron chi connectivity index (χ4n) is 2.15. The highest BCUT2D eigenvalue weighted by atomic mass is 127. The van der Waals surface area contributed by atoms with E-state index in [4.69, 9.17) is 15.6 Å². The molecule has 0 saturated carbocycles. The molecule has 0 radical (unpaired) electrons. The summed E-state index contributed by atoms with van der Waals surface area (Å²) in [6.45, 7) is 0.0317. The molecule has 1 fully saturated rings. The van der Waals surface area contributed by atoms with Crippen LogP contribution in [0.3, 0.4) is 0 Å². The molecule has 8 heteroatoms. The molecule has 3 rings (SSSR count). The van der Waals surface area contributed by atoms with Crippen molar-refractivity contribution in [3.63, 3.8) is 0 Å². The third kappa shape index (κ3) is 1.84. The fourth-order valence-corrected chi connectivity index (χ4v) is 2.90. The predicted octanol–water partition coefficient (Wildman–Crippen LogP) is 0.683. The van der Waals surface area contributed by atoms with E-state index in [1.165, 1.54) is 6.33 Å². The predicted molar refractivity (Wildman–Crippen MR) is 72.7 cm³/mol. The first kappa shape index (κ1) is 12.1. The van der Waals surface area contributed by atoms with Crippen molar-refractivity contribution in [3.8, 4) is 0 Å². The number of nitrogen functional groups attached to an aromatic ring is 1. The Labute approximate surface area is 116 Å². The van der Waals surface area contributed by atoms with Gasteiger partial charge < -0.3 is 15.6 Å². The molecule has 1 aliphatic heterocycles. The smallest absolute Gasteiger partial charge is 0.167 e. The zero-order valence-corrected chi connectivity index (χ0v) is 11.6. The summed E-state index contributed by atoms with van der Waals surface area (Å²) in [6, 6.07) is 0. The number of aromatic nitrogens is 4. The second-order valence-electron chi connectivity index (χ2n) is 4.17. The van der Waals surface area contributed by atoms with Gasteiger partial charge in [-0.15, -0.1) is 0 Å². The Morgan fingerprint density at radius 2 is 2.33 bits per heavy atom. The van der Waals surface area contributed by atoms with Gasteiger partial charge >= 0.3 is 0 Å². The Kier molecular flexibility index (Phi) is 3.08. The molecule has 2 aromatic heterocycles. The second-order valence-corrected chi connectivity index (χ2v) is 5.19. The highest BCUT2D eigenvalue weighted by Gasteiger charge is 2.29. The number of nitrogens with two attached hydrogens (primary N) is 1. The van der Waals surface area contributed by atoms with Gasteiger partial charge in [-0.05, 0) is 35.4 Å². The van der Waals surface area contributed by atoms with E-state index >= 15 is 0 Å². The van der Waals surface area contributed by atoms with Gasteiger partial charge in [0.15, 0.2) is 11.9 Å². The Hall–Kier alpha value is -1.00. The molecule has 0 amide bonds. The van der Waals surface area contributed by atoms with Gasteiger partial charge in [0.2, 0.25) is 0 Å². The fraction of sp³-hybridized carbons (Fsp3) is 0.500. The van der Waals surface area contributed by atoms with E-state index in [1.54, 1.807) is 4.68 Å². The number of hydrogen-bond donors (Lipinski definition) is 2. The van der Waals surface area contributed by atoms with Gasteiger partial charge in [0, 0.05) is 0 Å². The average Bonchev–Trinajstić information content (AvgIpc) is 2.94. The normalized spacial score (nSPS) is 23.9. The number of anilines is 1. The topological polar surface area (TPSA) is 99.1 Å². The summed E-state index contributed by atoms with van der Waals surface area (Å²) in [5, 5.41) is 14.3. The number of halogens is 1. The molecule has 0 spiro atoms. The van der Waals surface area contributed by atoms with Gasteiger partial charge in [-0.3, -0.25) is 0 Å². The van der Waals surface area contributed by atoms with Crippen LogP contribution >= 0.6 is 22.6 Å². The minimum absolute atomic E-state index is 0.0317. The van der Waals surface area contributed by atoms with Crippen LogP contribution in [0.4, 0.5) is 5.82 Å². The number of rotatable bonds is 2. The van der Waals surface area contributed by atoms with Crippen LogP contribution < -0.4 is 5.73 Å². The van der Waals surface area contributed by atoms with E-state index in [0.29, 0.717) is 11.5 Å². The van der Waals surface area contributed by atoms with Crippen molar-refractivity contribution in [2.75, 3.05) is 12.3 Å². The molecule has 96 valence electrons. The van der Waals surface area contributed by atoms with Crippen molar-refractivity contribution in [3.05, 3.63) is 10.0 Å². The Morgan fingerprint density at radius 1 is 1.50 bits per heavy atom. The van der Waals surface area contributed by atoms with Gasteiger partial charge in [-0.1, -0.05) is 0 Å². The van der Waals surface area contributed by atoms with Gasteiger partial charge in [0.25, 0.3) is 0 Å². The molecule has 0 aromatic carbocycles. The van der Waals surface area contributed by atoms with Crippen LogP contribution in [0, 0.1) is 3.70 Å². The maximum atomic E-state index is 9.09. The first-order valence-electron chi connectivity index (χ1n) is 5.61. The Bertz CT molecular complexity index is 587. The quantitative estimate of drug-likeness (QED) is 0.764. The number of aliphatic hydroxyl groups excluding tert-OH is 1. The van der Waals surface area contributed by atoms with Crippen molar-refractivity contribution in [1.29, 1.82) is 0 Å². The molecule has 2 aromatic rings. The lowest BCUT2D eigenvalue weighted by Gasteiger charge is -2.12. The standard InChI is InChI=1S/C10H12IN5O2/c11-8-7-9(12)13-4-14-10(7)16(15-8)6-2-1-5(3-17)18-6/h4-6,17H,1-3H2,(H2,12,13,14)/t5-,6+/m0/s1. The summed E-state index contributed by atoms with van der Waals surface area (Å²) in [5.41, 5.74) is 6.51. The van der Waals surface area contributed by atoms with Crippen LogP contribution in [0.1, 0.15) is 19.1 Å². The maximum absolute atomic E-state index is 9.09. The van der Waals surface area contributed by atoms with Crippen LogP contribution in [-0.2, 0) is 4.74 Å². The average molecular weight is 361 g/mol. The first-order chi connectivity index (χ1) is 8.70. The molecule has 3 heterocycles. The molecular weight excluding hydrogens is 349 g/mol. The van der Waals surface area contributed by atoms with Gasteiger partial charge in [0.1, 0.15) is 15.8 Å². The van der Waals surface area contributed by atoms with Crippen molar-refractivity contribution >= 4 is 39.4 Å². The summed E-state index contributed by atoms with van der Waals surface area (Å²) >= 11 is 2.11. The highest BCUT2D eigenvalue weighted by Crippen LogP contribution is 2.32. The largest absolute Gasteiger partial charge is 0.394 e.